The Morgan fingerprint density at radius 1 is 1.36 bits per heavy atom. The SMILES string of the molecule is CCC1[C@@H]2C3CCC(=O)N3CCC[C@H]2OC12C=C(C)C(=O)O2. The highest BCUT2D eigenvalue weighted by Crippen LogP contribution is 2.53. The summed E-state index contributed by atoms with van der Waals surface area (Å²) in [7, 11) is 0. The molecular weight excluding hydrogens is 282 g/mol. The van der Waals surface area contributed by atoms with Crippen molar-refractivity contribution >= 4 is 11.9 Å². The van der Waals surface area contributed by atoms with Gasteiger partial charge in [-0.1, -0.05) is 6.92 Å². The molecule has 4 aliphatic heterocycles. The predicted molar refractivity (Wildman–Crippen MR) is 78.7 cm³/mol. The number of rotatable bonds is 1. The second-order valence-electron chi connectivity index (χ2n) is 7.02. The van der Waals surface area contributed by atoms with E-state index in [-0.39, 0.29) is 35.9 Å². The standard InChI is InChI=1S/C17H23NO4/c1-3-11-15-12-6-7-14(19)18(12)8-4-5-13(15)21-17(11)9-10(2)16(20)22-17/h9,11-13,15H,3-8H2,1-2H3/t11?,12?,13-,15-,17?/m1/s1. The van der Waals surface area contributed by atoms with E-state index in [4.69, 9.17) is 9.47 Å². The third-order valence-corrected chi connectivity index (χ3v) is 5.88. The highest BCUT2D eigenvalue weighted by molar-refractivity contribution is 5.90. The van der Waals surface area contributed by atoms with Crippen molar-refractivity contribution < 1.29 is 19.1 Å². The summed E-state index contributed by atoms with van der Waals surface area (Å²) in [5.74, 6) is -0.477. The summed E-state index contributed by atoms with van der Waals surface area (Å²) in [6.07, 6.45) is 6.30. The van der Waals surface area contributed by atoms with Crippen LogP contribution in [0.2, 0.25) is 0 Å². The molecule has 0 aromatic heterocycles. The van der Waals surface area contributed by atoms with Crippen LogP contribution in [0.15, 0.2) is 11.6 Å². The molecule has 1 amide bonds. The van der Waals surface area contributed by atoms with Gasteiger partial charge in [0, 0.05) is 36.4 Å². The molecule has 0 aromatic rings. The summed E-state index contributed by atoms with van der Waals surface area (Å²) in [5.41, 5.74) is 0.634. The molecule has 0 aliphatic carbocycles. The first-order valence-corrected chi connectivity index (χ1v) is 8.46. The summed E-state index contributed by atoms with van der Waals surface area (Å²) in [5, 5.41) is 0. The second-order valence-corrected chi connectivity index (χ2v) is 7.02. The molecule has 4 rings (SSSR count). The first-order valence-electron chi connectivity index (χ1n) is 8.46. The van der Waals surface area contributed by atoms with Crippen molar-refractivity contribution in [1.29, 1.82) is 0 Å². The molecule has 4 aliphatic rings. The van der Waals surface area contributed by atoms with Gasteiger partial charge in [0.15, 0.2) is 0 Å². The van der Waals surface area contributed by atoms with Gasteiger partial charge in [-0.15, -0.1) is 0 Å². The van der Waals surface area contributed by atoms with Crippen LogP contribution in [0.5, 0.6) is 0 Å². The lowest BCUT2D eigenvalue weighted by Crippen LogP contribution is -2.44. The predicted octanol–water partition coefficient (Wildman–Crippen LogP) is 2.01. The number of nitrogens with zero attached hydrogens (tertiary/aromatic N) is 1. The van der Waals surface area contributed by atoms with E-state index in [0.717, 1.165) is 32.2 Å². The van der Waals surface area contributed by atoms with E-state index >= 15 is 0 Å². The Morgan fingerprint density at radius 2 is 2.18 bits per heavy atom. The van der Waals surface area contributed by atoms with Crippen LogP contribution in [-0.4, -0.2) is 41.3 Å². The van der Waals surface area contributed by atoms with Crippen LogP contribution in [0.4, 0.5) is 0 Å². The van der Waals surface area contributed by atoms with E-state index in [2.05, 4.69) is 11.8 Å². The molecule has 0 bridgehead atoms. The smallest absolute Gasteiger partial charge is 0.336 e. The minimum Gasteiger partial charge on any atom is -0.426 e. The number of carbonyl (C=O) groups excluding carboxylic acids is 2. The fourth-order valence-electron chi connectivity index (χ4n) is 5.02. The molecule has 5 heteroatoms. The van der Waals surface area contributed by atoms with Gasteiger partial charge in [0.1, 0.15) is 0 Å². The topological polar surface area (TPSA) is 55.8 Å². The molecule has 0 radical (unpaired) electrons. The zero-order chi connectivity index (χ0) is 15.5. The lowest BCUT2D eigenvalue weighted by atomic mass is 9.77. The Kier molecular flexibility index (Phi) is 3.12. The molecule has 0 aromatic carbocycles. The number of ether oxygens (including phenoxy) is 2. The lowest BCUT2D eigenvalue weighted by molar-refractivity contribution is -0.204. The average molecular weight is 305 g/mol. The van der Waals surface area contributed by atoms with E-state index in [1.807, 2.05) is 6.08 Å². The van der Waals surface area contributed by atoms with Crippen molar-refractivity contribution in [1.82, 2.24) is 4.90 Å². The Morgan fingerprint density at radius 3 is 2.86 bits per heavy atom. The first kappa shape index (κ1) is 14.2. The summed E-state index contributed by atoms with van der Waals surface area (Å²) in [4.78, 5) is 26.1. The van der Waals surface area contributed by atoms with Crippen molar-refractivity contribution in [2.45, 2.75) is 63.9 Å². The lowest BCUT2D eigenvalue weighted by Gasteiger charge is -2.34. The van der Waals surface area contributed by atoms with Crippen molar-refractivity contribution in [2.24, 2.45) is 11.8 Å². The number of hydrogen-bond donors (Lipinski definition) is 0. The molecule has 0 N–H and O–H groups in total. The van der Waals surface area contributed by atoms with E-state index in [1.165, 1.54) is 0 Å². The molecule has 3 fully saturated rings. The number of amides is 1. The highest BCUT2D eigenvalue weighted by atomic mass is 16.7. The Balaban J connectivity index is 1.72. The van der Waals surface area contributed by atoms with Gasteiger partial charge in [-0.05, 0) is 38.7 Å². The maximum absolute atomic E-state index is 12.1. The Bertz CT molecular complexity index is 557. The first-order chi connectivity index (χ1) is 10.6. The molecule has 120 valence electrons. The van der Waals surface area contributed by atoms with Gasteiger partial charge in [0.05, 0.1) is 6.10 Å². The molecule has 1 spiro atoms. The fraction of sp³-hybridized carbons (Fsp3) is 0.765. The monoisotopic (exact) mass is 305 g/mol. The third kappa shape index (κ3) is 1.81. The van der Waals surface area contributed by atoms with Gasteiger partial charge in [-0.25, -0.2) is 4.79 Å². The zero-order valence-corrected chi connectivity index (χ0v) is 13.2. The number of carbonyl (C=O) groups is 2. The fourth-order valence-corrected chi connectivity index (χ4v) is 5.02. The van der Waals surface area contributed by atoms with Crippen LogP contribution in [0.1, 0.15) is 46.0 Å². The maximum Gasteiger partial charge on any atom is 0.336 e. The number of esters is 1. The Labute approximate surface area is 130 Å². The van der Waals surface area contributed by atoms with E-state index in [9.17, 15) is 9.59 Å². The summed E-state index contributed by atoms with van der Waals surface area (Å²) in [6, 6.07) is 0.248. The normalized spacial score (nSPS) is 43.9. The summed E-state index contributed by atoms with van der Waals surface area (Å²) in [6.45, 7) is 4.75. The van der Waals surface area contributed by atoms with Gasteiger partial charge in [0.2, 0.25) is 11.7 Å². The van der Waals surface area contributed by atoms with Crippen LogP contribution in [0.25, 0.3) is 0 Å². The summed E-state index contributed by atoms with van der Waals surface area (Å²) < 4.78 is 12.0. The minimum atomic E-state index is -0.889. The van der Waals surface area contributed by atoms with Gasteiger partial charge >= 0.3 is 5.97 Å². The molecule has 3 saturated heterocycles. The molecule has 5 nitrogen and oxygen atoms in total. The Hall–Kier alpha value is -1.36. The van der Waals surface area contributed by atoms with Crippen molar-refractivity contribution in [3.8, 4) is 0 Å². The van der Waals surface area contributed by atoms with E-state index in [0.29, 0.717) is 12.0 Å². The largest absolute Gasteiger partial charge is 0.426 e. The third-order valence-electron chi connectivity index (χ3n) is 5.88. The summed E-state index contributed by atoms with van der Waals surface area (Å²) >= 11 is 0. The van der Waals surface area contributed by atoms with E-state index < -0.39 is 5.79 Å². The molecular formula is C17H23NO4. The van der Waals surface area contributed by atoms with Crippen molar-refractivity contribution in [3.63, 3.8) is 0 Å². The van der Waals surface area contributed by atoms with Crippen LogP contribution in [0, 0.1) is 11.8 Å². The molecule has 3 unspecified atom stereocenters. The minimum absolute atomic E-state index is 0.0841. The van der Waals surface area contributed by atoms with Crippen molar-refractivity contribution in [2.75, 3.05) is 6.54 Å². The number of hydrogen-bond acceptors (Lipinski definition) is 4. The van der Waals surface area contributed by atoms with Crippen LogP contribution >= 0.6 is 0 Å². The van der Waals surface area contributed by atoms with Gasteiger partial charge in [-0.2, -0.15) is 0 Å². The van der Waals surface area contributed by atoms with Crippen LogP contribution in [-0.2, 0) is 19.1 Å². The quantitative estimate of drug-likeness (QED) is 0.695. The molecule has 4 heterocycles. The average Bonchev–Trinajstić information content (AvgIpc) is 3.02. The number of fused-ring (bicyclic) bond motifs is 3. The van der Waals surface area contributed by atoms with Crippen molar-refractivity contribution in [3.05, 3.63) is 11.6 Å². The van der Waals surface area contributed by atoms with E-state index in [1.54, 1.807) is 6.92 Å². The second kappa shape index (κ2) is 4.82. The highest BCUT2D eigenvalue weighted by Gasteiger charge is 2.61. The van der Waals surface area contributed by atoms with Crippen LogP contribution in [0.3, 0.4) is 0 Å². The molecule has 0 saturated carbocycles. The van der Waals surface area contributed by atoms with Gasteiger partial charge < -0.3 is 14.4 Å². The van der Waals surface area contributed by atoms with Crippen LogP contribution < -0.4 is 0 Å². The molecule has 5 atom stereocenters. The zero-order valence-electron chi connectivity index (χ0n) is 13.2. The maximum atomic E-state index is 12.1. The molecule has 22 heavy (non-hydrogen) atoms. The van der Waals surface area contributed by atoms with Gasteiger partial charge in [0.25, 0.3) is 0 Å². The van der Waals surface area contributed by atoms with Gasteiger partial charge in [-0.3, -0.25) is 4.79 Å².